The topological polar surface area (TPSA) is 83.9 Å². The van der Waals surface area contributed by atoms with E-state index in [1.54, 1.807) is 24.3 Å². The molecule has 1 aromatic carbocycles. The number of ether oxygens (including phenoxy) is 1. The Morgan fingerprint density at radius 3 is 2.18 bits per heavy atom. The number of fused-ring (bicyclic) bond motifs is 1. The molecule has 17 heavy (non-hydrogen) atoms. The average Bonchev–Trinajstić information content (AvgIpc) is 2.54. The van der Waals surface area contributed by atoms with Crippen molar-refractivity contribution in [2.24, 2.45) is 0 Å². The maximum absolute atomic E-state index is 11.8. The van der Waals surface area contributed by atoms with E-state index in [-0.39, 0.29) is 6.73 Å². The Kier molecular flexibility index (Phi) is 2.88. The lowest BCUT2D eigenvalue weighted by Gasteiger charge is -2.12. The smallest absolute Gasteiger partial charge is 0.329 e. The van der Waals surface area contributed by atoms with Crippen LogP contribution in [0.4, 0.5) is 0 Å². The van der Waals surface area contributed by atoms with Crippen molar-refractivity contribution in [3.63, 3.8) is 0 Å². The van der Waals surface area contributed by atoms with Gasteiger partial charge < -0.3 is 9.84 Å². The van der Waals surface area contributed by atoms with Crippen molar-refractivity contribution >= 4 is 17.8 Å². The van der Waals surface area contributed by atoms with E-state index >= 15 is 0 Å². The maximum atomic E-state index is 11.8. The normalized spacial score (nSPS) is 14.0. The zero-order valence-electron chi connectivity index (χ0n) is 8.75. The summed E-state index contributed by atoms with van der Waals surface area (Å²) in [6, 6.07) is 6.41. The predicted molar refractivity (Wildman–Crippen MR) is 55.4 cm³/mol. The molecule has 6 heteroatoms. The molecule has 0 aliphatic carbocycles. The number of hydrogen-bond donors (Lipinski definition) is 1. The van der Waals surface area contributed by atoms with Gasteiger partial charge in [-0.3, -0.25) is 9.59 Å². The van der Waals surface area contributed by atoms with Gasteiger partial charge in [0.2, 0.25) is 0 Å². The number of rotatable bonds is 4. The molecule has 0 saturated heterocycles. The van der Waals surface area contributed by atoms with Gasteiger partial charge >= 0.3 is 5.97 Å². The fourth-order valence-electron chi connectivity index (χ4n) is 1.58. The van der Waals surface area contributed by atoms with Gasteiger partial charge in [-0.2, -0.15) is 0 Å². The fraction of sp³-hybridized carbons (Fsp3) is 0.182. The number of aliphatic carboxylic acids is 1. The highest BCUT2D eigenvalue weighted by Crippen LogP contribution is 2.21. The van der Waals surface area contributed by atoms with Gasteiger partial charge in [0.15, 0.2) is 0 Å². The number of imide groups is 1. The van der Waals surface area contributed by atoms with Gasteiger partial charge in [-0.15, -0.1) is 0 Å². The molecular weight excluding hydrogens is 226 g/mol. The molecule has 1 aromatic rings. The highest BCUT2D eigenvalue weighted by atomic mass is 16.5. The molecule has 0 spiro atoms. The minimum absolute atomic E-state index is 0.316. The molecular formula is C11H9NO5. The second kappa shape index (κ2) is 4.34. The van der Waals surface area contributed by atoms with Crippen LogP contribution in [0.1, 0.15) is 20.7 Å². The molecule has 2 amide bonds. The molecule has 1 heterocycles. The first-order chi connectivity index (χ1) is 8.11. The van der Waals surface area contributed by atoms with E-state index in [0.29, 0.717) is 11.1 Å². The Morgan fingerprint density at radius 2 is 1.71 bits per heavy atom. The number of hydrogen-bond acceptors (Lipinski definition) is 4. The lowest BCUT2D eigenvalue weighted by atomic mass is 10.1. The van der Waals surface area contributed by atoms with Gasteiger partial charge in [-0.05, 0) is 12.1 Å². The summed E-state index contributed by atoms with van der Waals surface area (Å²) in [5.41, 5.74) is 0.632. The van der Waals surface area contributed by atoms with Crippen molar-refractivity contribution < 1.29 is 24.2 Å². The number of amides is 2. The second-order valence-corrected chi connectivity index (χ2v) is 3.46. The summed E-state index contributed by atoms with van der Waals surface area (Å²) in [7, 11) is 0. The molecule has 88 valence electrons. The molecule has 0 radical (unpaired) electrons. The van der Waals surface area contributed by atoms with Crippen molar-refractivity contribution in [3.8, 4) is 0 Å². The van der Waals surface area contributed by atoms with E-state index in [2.05, 4.69) is 0 Å². The molecule has 0 saturated carbocycles. The van der Waals surface area contributed by atoms with E-state index in [9.17, 15) is 14.4 Å². The lowest BCUT2D eigenvalue weighted by Crippen LogP contribution is -2.33. The van der Waals surface area contributed by atoms with Crippen molar-refractivity contribution in [1.82, 2.24) is 4.90 Å². The van der Waals surface area contributed by atoms with Gasteiger partial charge in [0.25, 0.3) is 11.8 Å². The Hall–Kier alpha value is -2.21. The van der Waals surface area contributed by atoms with Crippen LogP contribution in [0.25, 0.3) is 0 Å². The van der Waals surface area contributed by atoms with Gasteiger partial charge in [0, 0.05) is 0 Å². The number of carboxylic acid groups (broad SMARTS) is 1. The Labute approximate surface area is 96.4 Å². The highest BCUT2D eigenvalue weighted by molar-refractivity contribution is 6.21. The van der Waals surface area contributed by atoms with Crippen LogP contribution in [0.2, 0.25) is 0 Å². The Morgan fingerprint density at radius 1 is 1.18 bits per heavy atom. The summed E-state index contributed by atoms with van der Waals surface area (Å²) in [4.78, 5) is 34.6. The third-order valence-electron chi connectivity index (χ3n) is 2.32. The van der Waals surface area contributed by atoms with Crippen molar-refractivity contribution in [3.05, 3.63) is 35.4 Å². The van der Waals surface area contributed by atoms with E-state index in [1.807, 2.05) is 0 Å². The van der Waals surface area contributed by atoms with E-state index in [1.165, 1.54) is 0 Å². The molecule has 1 aliphatic heterocycles. The van der Waals surface area contributed by atoms with E-state index in [0.717, 1.165) is 4.90 Å². The van der Waals surface area contributed by atoms with Gasteiger partial charge in [0.1, 0.15) is 13.3 Å². The Balaban J connectivity index is 2.11. The van der Waals surface area contributed by atoms with Crippen molar-refractivity contribution in [2.75, 3.05) is 13.3 Å². The SMILES string of the molecule is O=C(O)COCN1C(=O)c2ccccc2C1=O. The van der Waals surface area contributed by atoms with Crippen LogP contribution < -0.4 is 0 Å². The van der Waals surface area contributed by atoms with Gasteiger partial charge in [-0.1, -0.05) is 12.1 Å². The highest BCUT2D eigenvalue weighted by Gasteiger charge is 2.35. The maximum Gasteiger partial charge on any atom is 0.329 e. The second-order valence-electron chi connectivity index (χ2n) is 3.46. The van der Waals surface area contributed by atoms with Crippen LogP contribution in [-0.2, 0) is 9.53 Å². The summed E-state index contributed by atoms with van der Waals surface area (Å²) < 4.78 is 4.74. The van der Waals surface area contributed by atoms with Crippen LogP contribution in [0.15, 0.2) is 24.3 Å². The van der Waals surface area contributed by atoms with Gasteiger partial charge in [-0.25, -0.2) is 9.69 Å². The van der Waals surface area contributed by atoms with E-state index in [4.69, 9.17) is 9.84 Å². The summed E-state index contributed by atoms with van der Waals surface area (Å²) in [6.45, 7) is -0.897. The minimum atomic E-state index is -1.15. The molecule has 0 bridgehead atoms. The van der Waals surface area contributed by atoms with Crippen LogP contribution in [0.3, 0.4) is 0 Å². The summed E-state index contributed by atoms with van der Waals surface area (Å²) >= 11 is 0. The number of carbonyl (C=O) groups excluding carboxylic acids is 2. The molecule has 0 unspecified atom stereocenters. The number of carboxylic acids is 1. The Bertz CT molecular complexity index is 461. The summed E-state index contributed by atoms with van der Waals surface area (Å²) in [6.07, 6.45) is 0. The zero-order chi connectivity index (χ0) is 12.4. The van der Waals surface area contributed by atoms with Crippen LogP contribution in [0.5, 0.6) is 0 Å². The van der Waals surface area contributed by atoms with Crippen LogP contribution >= 0.6 is 0 Å². The number of benzene rings is 1. The molecule has 1 N–H and O–H groups in total. The van der Waals surface area contributed by atoms with Crippen molar-refractivity contribution in [2.45, 2.75) is 0 Å². The summed E-state index contributed by atoms with van der Waals surface area (Å²) in [5, 5.41) is 8.38. The van der Waals surface area contributed by atoms with Crippen LogP contribution in [0, 0.1) is 0 Å². The molecule has 6 nitrogen and oxygen atoms in total. The number of nitrogens with zero attached hydrogens (tertiary/aromatic N) is 1. The lowest BCUT2D eigenvalue weighted by molar-refractivity contribution is -0.143. The minimum Gasteiger partial charge on any atom is -0.480 e. The predicted octanol–water partition coefficient (Wildman–Crippen LogP) is 0.341. The molecule has 0 aromatic heterocycles. The van der Waals surface area contributed by atoms with E-state index < -0.39 is 24.4 Å². The third-order valence-corrected chi connectivity index (χ3v) is 2.32. The molecule has 2 rings (SSSR count). The monoisotopic (exact) mass is 235 g/mol. The van der Waals surface area contributed by atoms with Gasteiger partial charge in [0.05, 0.1) is 11.1 Å². The average molecular weight is 235 g/mol. The first-order valence-electron chi connectivity index (χ1n) is 4.86. The quantitative estimate of drug-likeness (QED) is 0.761. The third kappa shape index (κ3) is 2.02. The first-order valence-corrected chi connectivity index (χ1v) is 4.86. The standard InChI is InChI=1S/C11H9NO5/c13-9(14)5-17-6-12-10(15)7-3-1-2-4-8(7)11(12)16/h1-4H,5-6H2,(H,13,14). The molecule has 0 atom stereocenters. The van der Waals surface area contributed by atoms with Crippen LogP contribution in [-0.4, -0.2) is 41.1 Å². The summed E-state index contributed by atoms with van der Waals surface area (Å²) in [5.74, 6) is -2.08. The fourth-order valence-corrected chi connectivity index (χ4v) is 1.58. The largest absolute Gasteiger partial charge is 0.480 e. The zero-order valence-corrected chi connectivity index (χ0v) is 8.75. The molecule has 0 fully saturated rings. The van der Waals surface area contributed by atoms with Crippen molar-refractivity contribution in [1.29, 1.82) is 0 Å². The first kappa shape index (κ1) is 11.3. The molecule has 1 aliphatic rings. The number of carbonyl (C=O) groups is 3.